The van der Waals surface area contributed by atoms with Gasteiger partial charge in [0.15, 0.2) is 5.96 Å². The normalized spacial score (nSPS) is 27.2. The van der Waals surface area contributed by atoms with Gasteiger partial charge in [-0.3, -0.25) is 4.99 Å². The van der Waals surface area contributed by atoms with Crippen LogP contribution in [-0.2, 0) is 4.74 Å². The summed E-state index contributed by atoms with van der Waals surface area (Å²) in [7, 11) is 2.14. The summed E-state index contributed by atoms with van der Waals surface area (Å²) < 4.78 is 5.75. The van der Waals surface area contributed by atoms with Gasteiger partial charge in [0.1, 0.15) is 0 Å². The number of hydrogen-bond donors (Lipinski definition) is 2. The molecule has 2 rings (SSSR count). The van der Waals surface area contributed by atoms with Gasteiger partial charge in [0.2, 0.25) is 0 Å². The van der Waals surface area contributed by atoms with Crippen LogP contribution in [-0.4, -0.2) is 74.3 Å². The lowest BCUT2D eigenvalue weighted by Crippen LogP contribution is -2.43. The monoisotopic (exact) mass is 428 g/mol. The Hall–Kier alpha value is 0.270. The second-order valence-electron chi connectivity index (χ2n) is 5.49. The number of aliphatic imine (C=N–C) groups is 1. The zero-order chi connectivity index (χ0) is 14.2. The molecule has 0 bridgehead atoms. The number of likely N-dealkylation sites (N-methyl/N-ethyl adjacent to an activating group) is 1. The van der Waals surface area contributed by atoms with E-state index < -0.39 is 0 Å². The molecule has 7 heteroatoms. The molecule has 0 aromatic carbocycles. The number of hydrogen-bond acceptors (Lipinski definition) is 4. The molecule has 21 heavy (non-hydrogen) atoms. The summed E-state index contributed by atoms with van der Waals surface area (Å²) in [6, 6.07) is 0. The van der Waals surface area contributed by atoms with Gasteiger partial charge >= 0.3 is 0 Å². The van der Waals surface area contributed by atoms with Gasteiger partial charge in [0.25, 0.3) is 0 Å². The van der Waals surface area contributed by atoms with Gasteiger partial charge < -0.3 is 20.3 Å². The highest BCUT2D eigenvalue weighted by molar-refractivity contribution is 14.0. The maximum Gasteiger partial charge on any atom is 0.191 e. The minimum Gasteiger partial charge on any atom is -0.374 e. The minimum absolute atomic E-state index is 0. The van der Waals surface area contributed by atoms with E-state index in [9.17, 15) is 0 Å². The third kappa shape index (κ3) is 7.38. The van der Waals surface area contributed by atoms with E-state index >= 15 is 0 Å². The summed E-state index contributed by atoms with van der Waals surface area (Å²) in [5.74, 6) is 2.24. The van der Waals surface area contributed by atoms with Crippen LogP contribution in [0, 0.1) is 0 Å². The number of rotatable bonds is 5. The molecular formula is C14H29IN4OS. The molecule has 2 saturated heterocycles. The van der Waals surface area contributed by atoms with Crippen molar-refractivity contribution < 1.29 is 4.74 Å². The van der Waals surface area contributed by atoms with Crippen LogP contribution in [0.25, 0.3) is 0 Å². The Morgan fingerprint density at radius 3 is 2.95 bits per heavy atom. The predicted octanol–water partition coefficient (Wildman–Crippen LogP) is 1.39. The second-order valence-corrected chi connectivity index (χ2v) is 6.90. The van der Waals surface area contributed by atoms with Crippen molar-refractivity contribution >= 4 is 41.7 Å². The van der Waals surface area contributed by atoms with Gasteiger partial charge in [0.05, 0.1) is 19.3 Å². The van der Waals surface area contributed by atoms with E-state index in [2.05, 4.69) is 46.3 Å². The van der Waals surface area contributed by atoms with Crippen LogP contribution in [0.4, 0.5) is 0 Å². The summed E-state index contributed by atoms with van der Waals surface area (Å²) in [5, 5.41) is 7.53. The van der Waals surface area contributed by atoms with E-state index in [0.29, 0.717) is 0 Å². The molecule has 2 heterocycles. The molecule has 0 amide bonds. The second kappa shape index (κ2) is 10.9. The maximum atomic E-state index is 5.75. The van der Waals surface area contributed by atoms with Crippen LogP contribution in [0.3, 0.4) is 0 Å². The average Bonchev–Trinajstić information content (AvgIpc) is 2.95. The van der Waals surface area contributed by atoms with Crippen molar-refractivity contribution in [1.29, 1.82) is 0 Å². The summed E-state index contributed by atoms with van der Waals surface area (Å²) in [5.41, 5.74) is 0. The summed E-state index contributed by atoms with van der Waals surface area (Å²) in [6.07, 6.45) is 2.91. The quantitative estimate of drug-likeness (QED) is 0.394. The Morgan fingerprint density at radius 2 is 2.29 bits per heavy atom. The summed E-state index contributed by atoms with van der Waals surface area (Å²) in [4.78, 5) is 6.97. The molecule has 0 aromatic heterocycles. The first-order valence-electron chi connectivity index (χ1n) is 7.72. The molecule has 0 saturated carbocycles. The van der Waals surface area contributed by atoms with Gasteiger partial charge in [-0.25, -0.2) is 0 Å². The van der Waals surface area contributed by atoms with Crippen LogP contribution in [0.5, 0.6) is 0 Å². The van der Waals surface area contributed by atoms with Crippen molar-refractivity contribution in [3.05, 3.63) is 0 Å². The SMILES string of the molecule is CCNC(=NCC1CN(C)CCO1)NCC1CCCS1.I. The first-order chi connectivity index (χ1) is 9.78. The van der Waals surface area contributed by atoms with Crippen molar-refractivity contribution in [2.75, 3.05) is 52.1 Å². The van der Waals surface area contributed by atoms with Crippen LogP contribution >= 0.6 is 35.7 Å². The summed E-state index contributed by atoms with van der Waals surface area (Å²) in [6.45, 7) is 7.57. The van der Waals surface area contributed by atoms with E-state index in [4.69, 9.17) is 4.74 Å². The fourth-order valence-electron chi connectivity index (χ4n) is 2.53. The zero-order valence-electron chi connectivity index (χ0n) is 13.1. The predicted molar refractivity (Wildman–Crippen MR) is 102 cm³/mol. The highest BCUT2D eigenvalue weighted by Gasteiger charge is 2.18. The molecule has 2 aliphatic heterocycles. The fourth-order valence-corrected chi connectivity index (χ4v) is 3.73. The molecule has 0 aliphatic carbocycles. The van der Waals surface area contributed by atoms with Crippen LogP contribution in [0.1, 0.15) is 19.8 Å². The van der Waals surface area contributed by atoms with Gasteiger partial charge in [-0.2, -0.15) is 11.8 Å². The summed E-state index contributed by atoms with van der Waals surface area (Å²) >= 11 is 2.07. The lowest BCUT2D eigenvalue weighted by molar-refractivity contribution is -0.0136. The van der Waals surface area contributed by atoms with Gasteiger partial charge in [-0.1, -0.05) is 0 Å². The highest BCUT2D eigenvalue weighted by Crippen LogP contribution is 2.25. The fraction of sp³-hybridized carbons (Fsp3) is 0.929. The number of nitrogens with one attached hydrogen (secondary N) is 2. The Bertz CT molecular complexity index is 313. The van der Waals surface area contributed by atoms with Crippen molar-refractivity contribution in [3.8, 4) is 0 Å². The minimum atomic E-state index is 0. The van der Waals surface area contributed by atoms with Crippen molar-refractivity contribution in [3.63, 3.8) is 0 Å². The van der Waals surface area contributed by atoms with Gasteiger partial charge in [0, 0.05) is 31.4 Å². The standard InChI is InChI=1S/C14H28N4OS.HI/c1-3-15-14(17-10-13-5-4-8-20-13)16-9-12-11-18(2)6-7-19-12;/h12-13H,3-11H2,1-2H3,(H2,15,16,17);1H. The Morgan fingerprint density at radius 1 is 1.43 bits per heavy atom. The third-order valence-electron chi connectivity index (χ3n) is 3.66. The van der Waals surface area contributed by atoms with Crippen molar-refractivity contribution in [1.82, 2.24) is 15.5 Å². The Labute approximate surface area is 150 Å². The van der Waals surface area contributed by atoms with E-state index in [0.717, 1.165) is 50.5 Å². The highest BCUT2D eigenvalue weighted by atomic mass is 127. The molecule has 2 unspecified atom stereocenters. The number of guanidine groups is 1. The van der Waals surface area contributed by atoms with Gasteiger partial charge in [-0.05, 0) is 32.6 Å². The Kier molecular flexibility index (Phi) is 10.0. The molecule has 0 spiro atoms. The van der Waals surface area contributed by atoms with E-state index in [1.54, 1.807) is 0 Å². The van der Waals surface area contributed by atoms with Crippen LogP contribution in [0.2, 0.25) is 0 Å². The average molecular weight is 428 g/mol. The zero-order valence-corrected chi connectivity index (χ0v) is 16.3. The largest absolute Gasteiger partial charge is 0.374 e. The van der Waals surface area contributed by atoms with Crippen molar-refractivity contribution in [2.24, 2.45) is 4.99 Å². The van der Waals surface area contributed by atoms with E-state index in [1.165, 1.54) is 18.6 Å². The van der Waals surface area contributed by atoms with Crippen LogP contribution < -0.4 is 10.6 Å². The number of nitrogens with zero attached hydrogens (tertiary/aromatic N) is 2. The Balaban J connectivity index is 0.00000220. The third-order valence-corrected chi connectivity index (χ3v) is 5.06. The molecule has 2 atom stereocenters. The van der Waals surface area contributed by atoms with E-state index in [1.807, 2.05) is 0 Å². The molecule has 5 nitrogen and oxygen atoms in total. The number of ether oxygens (including phenoxy) is 1. The molecule has 0 aromatic rings. The lowest BCUT2D eigenvalue weighted by Gasteiger charge is -2.29. The van der Waals surface area contributed by atoms with E-state index in [-0.39, 0.29) is 30.1 Å². The topological polar surface area (TPSA) is 48.9 Å². The molecule has 2 N–H and O–H groups in total. The molecule has 0 radical (unpaired) electrons. The molecule has 2 fully saturated rings. The number of halogens is 1. The first-order valence-corrected chi connectivity index (χ1v) is 8.76. The molecule has 2 aliphatic rings. The van der Waals surface area contributed by atoms with Crippen molar-refractivity contribution in [2.45, 2.75) is 31.1 Å². The smallest absolute Gasteiger partial charge is 0.191 e. The van der Waals surface area contributed by atoms with Crippen LogP contribution in [0.15, 0.2) is 4.99 Å². The lowest BCUT2D eigenvalue weighted by atomic mass is 10.2. The number of thioether (sulfide) groups is 1. The van der Waals surface area contributed by atoms with Gasteiger partial charge in [-0.15, -0.1) is 24.0 Å². The maximum absolute atomic E-state index is 5.75. The molecular weight excluding hydrogens is 399 g/mol. The molecule has 124 valence electrons. The number of morpholine rings is 1. The first kappa shape index (κ1) is 19.3.